The van der Waals surface area contributed by atoms with Crippen LogP contribution in [0.25, 0.3) is 11.3 Å². The summed E-state index contributed by atoms with van der Waals surface area (Å²) in [6.45, 7) is 6.77. The van der Waals surface area contributed by atoms with Crippen molar-refractivity contribution in [2.75, 3.05) is 26.8 Å². The zero-order valence-electron chi connectivity index (χ0n) is 19.5. The predicted molar refractivity (Wildman–Crippen MR) is 121 cm³/mol. The van der Waals surface area contributed by atoms with E-state index < -0.39 is 11.9 Å². The van der Waals surface area contributed by atoms with Gasteiger partial charge in [0, 0.05) is 24.7 Å². The van der Waals surface area contributed by atoms with Gasteiger partial charge in [0.05, 0.1) is 19.6 Å². The van der Waals surface area contributed by atoms with Gasteiger partial charge in [-0.25, -0.2) is 0 Å². The largest absolute Gasteiger partial charge is 0.497 e. The van der Waals surface area contributed by atoms with Crippen LogP contribution in [0.2, 0.25) is 0 Å². The Balaban J connectivity index is 1.64. The first-order valence-corrected chi connectivity index (χ1v) is 11.2. The van der Waals surface area contributed by atoms with Crippen LogP contribution in [0.1, 0.15) is 44.1 Å². The molecule has 1 N–H and O–H groups in total. The second-order valence-electron chi connectivity index (χ2n) is 8.36. The molecule has 2 amide bonds. The average Bonchev–Trinajstić information content (AvgIpc) is 3.32. The molecule has 178 valence electrons. The molecule has 1 aromatic heterocycles. The molecule has 9 heteroatoms. The molecule has 0 radical (unpaired) electrons. The monoisotopic (exact) mass is 457 g/mol. The first kappa shape index (κ1) is 24.3. The molecule has 2 aromatic rings. The van der Waals surface area contributed by atoms with Crippen LogP contribution < -0.4 is 10.1 Å². The van der Waals surface area contributed by atoms with Crippen molar-refractivity contribution in [3.05, 3.63) is 36.0 Å². The molecule has 33 heavy (non-hydrogen) atoms. The van der Waals surface area contributed by atoms with Crippen LogP contribution in [-0.2, 0) is 14.3 Å². The van der Waals surface area contributed by atoms with Crippen molar-refractivity contribution in [3.63, 3.8) is 0 Å². The van der Waals surface area contributed by atoms with Gasteiger partial charge in [-0.05, 0) is 37.8 Å². The summed E-state index contributed by atoms with van der Waals surface area (Å²) in [5.41, 5.74) is 0.814. The minimum atomic E-state index is -0.714. The second kappa shape index (κ2) is 11.0. The minimum absolute atomic E-state index is 0.0901. The maximum absolute atomic E-state index is 13.1. The molecule has 1 atom stereocenters. The lowest BCUT2D eigenvalue weighted by atomic mass is 9.95. The molecule has 0 unspecified atom stereocenters. The maximum atomic E-state index is 13.1. The number of likely N-dealkylation sites (tertiary alicyclic amines) is 1. The van der Waals surface area contributed by atoms with Crippen molar-refractivity contribution < 1.29 is 28.4 Å². The van der Waals surface area contributed by atoms with Gasteiger partial charge in [-0.2, -0.15) is 0 Å². The predicted octanol–water partition coefficient (Wildman–Crippen LogP) is 2.91. The smallest absolute Gasteiger partial charge is 0.309 e. The van der Waals surface area contributed by atoms with Gasteiger partial charge in [0.2, 0.25) is 5.91 Å². The average molecular weight is 458 g/mol. The summed E-state index contributed by atoms with van der Waals surface area (Å²) in [7, 11) is 1.57. The first-order valence-electron chi connectivity index (χ1n) is 11.2. The third-order valence-electron chi connectivity index (χ3n) is 5.74. The van der Waals surface area contributed by atoms with Gasteiger partial charge >= 0.3 is 5.97 Å². The van der Waals surface area contributed by atoms with E-state index in [1.54, 1.807) is 25.0 Å². The Morgan fingerprint density at radius 2 is 1.94 bits per heavy atom. The maximum Gasteiger partial charge on any atom is 0.309 e. The Kier molecular flexibility index (Phi) is 8.08. The van der Waals surface area contributed by atoms with Gasteiger partial charge in [0.25, 0.3) is 5.91 Å². The van der Waals surface area contributed by atoms with Crippen molar-refractivity contribution in [2.24, 2.45) is 11.8 Å². The fourth-order valence-corrected chi connectivity index (χ4v) is 3.82. The number of hydrogen-bond donors (Lipinski definition) is 1. The molecular weight excluding hydrogens is 426 g/mol. The number of piperidine rings is 1. The molecule has 2 heterocycles. The number of hydrogen-bond acceptors (Lipinski definition) is 7. The molecule has 0 spiro atoms. The number of aromatic nitrogens is 1. The Morgan fingerprint density at radius 1 is 1.21 bits per heavy atom. The van der Waals surface area contributed by atoms with E-state index in [0.717, 1.165) is 5.56 Å². The first-order chi connectivity index (χ1) is 15.8. The van der Waals surface area contributed by atoms with Gasteiger partial charge in [-0.3, -0.25) is 14.4 Å². The molecular formula is C24H31N3O6. The molecule has 1 aliphatic rings. The van der Waals surface area contributed by atoms with Gasteiger partial charge in [-0.15, -0.1) is 0 Å². The highest BCUT2D eigenvalue weighted by atomic mass is 16.5. The third-order valence-corrected chi connectivity index (χ3v) is 5.74. The Bertz CT molecular complexity index is 978. The third kappa shape index (κ3) is 5.91. The lowest BCUT2D eigenvalue weighted by Gasteiger charge is -2.34. The van der Waals surface area contributed by atoms with Crippen LogP contribution in [0.5, 0.6) is 5.75 Å². The van der Waals surface area contributed by atoms with E-state index in [1.165, 1.54) is 6.07 Å². The molecule has 1 aromatic carbocycles. The number of nitrogens with zero attached hydrogens (tertiary/aromatic N) is 2. The lowest BCUT2D eigenvalue weighted by molar-refractivity contribution is -0.151. The standard InChI is InChI=1S/C24H31N3O6/c1-5-32-24(30)16-9-11-27(12-10-16)23(29)21(15(2)3)25-22(28)19-14-20(33-26-19)17-7-6-8-18(13-17)31-4/h6-8,13-16,21H,5,9-12H2,1-4H3,(H,25,28)/t21-/m1/s1. The van der Waals surface area contributed by atoms with Crippen LogP contribution in [0.3, 0.4) is 0 Å². The van der Waals surface area contributed by atoms with Crippen molar-refractivity contribution in [1.29, 1.82) is 0 Å². The number of benzene rings is 1. The minimum Gasteiger partial charge on any atom is -0.497 e. The number of amides is 2. The van der Waals surface area contributed by atoms with E-state index in [2.05, 4.69) is 10.5 Å². The number of ether oxygens (including phenoxy) is 2. The highest BCUT2D eigenvalue weighted by Crippen LogP contribution is 2.25. The van der Waals surface area contributed by atoms with E-state index in [1.807, 2.05) is 32.0 Å². The summed E-state index contributed by atoms with van der Waals surface area (Å²) in [5.74, 6) is -0.102. The summed E-state index contributed by atoms with van der Waals surface area (Å²) in [6.07, 6.45) is 1.10. The van der Waals surface area contributed by atoms with Crippen molar-refractivity contribution in [2.45, 2.75) is 39.7 Å². The molecule has 1 saturated heterocycles. The number of methoxy groups -OCH3 is 1. The van der Waals surface area contributed by atoms with E-state index in [4.69, 9.17) is 14.0 Å². The fourth-order valence-electron chi connectivity index (χ4n) is 3.82. The molecule has 1 fully saturated rings. The highest BCUT2D eigenvalue weighted by molar-refractivity contribution is 5.96. The quantitative estimate of drug-likeness (QED) is 0.607. The SMILES string of the molecule is CCOC(=O)C1CCN(C(=O)[C@H](NC(=O)c2cc(-c3cccc(OC)c3)on2)C(C)C)CC1. The number of carbonyl (C=O) groups is 3. The van der Waals surface area contributed by atoms with E-state index >= 15 is 0 Å². The number of rotatable bonds is 8. The van der Waals surface area contributed by atoms with Gasteiger partial charge < -0.3 is 24.2 Å². The molecule has 3 rings (SSSR count). The van der Waals surface area contributed by atoms with Gasteiger partial charge in [-0.1, -0.05) is 31.1 Å². The van der Waals surface area contributed by atoms with E-state index in [-0.39, 0.29) is 29.4 Å². The van der Waals surface area contributed by atoms with Crippen LogP contribution >= 0.6 is 0 Å². The molecule has 1 aliphatic heterocycles. The van der Waals surface area contributed by atoms with Gasteiger partial charge in [0.15, 0.2) is 11.5 Å². The van der Waals surface area contributed by atoms with Crippen LogP contribution in [0, 0.1) is 11.8 Å². The molecule has 0 aliphatic carbocycles. The highest BCUT2D eigenvalue weighted by Gasteiger charge is 2.34. The summed E-state index contributed by atoms with van der Waals surface area (Å²) in [4.78, 5) is 39.6. The second-order valence-corrected chi connectivity index (χ2v) is 8.36. The lowest BCUT2D eigenvalue weighted by Crippen LogP contribution is -2.53. The Labute approximate surface area is 193 Å². The van der Waals surface area contributed by atoms with Crippen LogP contribution in [0.15, 0.2) is 34.9 Å². The Morgan fingerprint density at radius 3 is 2.58 bits per heavy atom. The van der Waals surface area contributed by atoms with Crippen molar-refractivity contribution >= 4 is 17.8 Å². The summed E-state index contributed by atoms with van der Waals surface area (Å²) >= 11 is 0. The Hall–Kier alpha value is -3.36. The summed E-state index contributed by atoms with van der Waals surface area (Å²) in [6, 6.07) is 8.05. The number of esters is 1. The fraction of sp³-hybridized carbons (Fsp3) is 0.500. The zero-order chi connectivity index (χ0) is 24.0. The van der Waals surface area contributed by atoms with E-state index in [0.29, 0.717) is 44.0 Å². The van der Waals surface area contributed by atoms with Crippen molar-refractivity contribution in [3.8, 4) is 17.1 Å². The van der Waals surface area contributed by atoms with Crippen molar-refractivity contribution in [1.82, 2.24) is 15.4 Å². The molecule has 0 saturated carbocycles. The summed E-state index contributed by atoms with van der Waals surface area (Å²) < 4.78 is 15.6. The number of carbonyl (C=O) groups excluding carboxylic acids is 3. The van der Waals surface area contributed by atoms with Crippen LogP contribution in [0.4, 0.5) is 0 Å². The van der Waals surface area contributed by atoms with E-state index in [9.17, 15) is 14.4 Å². The zero-order valence-corrected chi connectivity index (χ0v) is 19.5. The number of nitrogens with one attached hydrogen (secondary N) is 1. The molecule has 0 bridgehead atoms. The topological polar surface area (TPSA) is 111 Å². The molecule has 9 nitrogen and oxygen atoms in total. The van der Waals surface area contributed by atoms with Crippen LogP contribution in [-0.4, -0.2) is 60.7 Å². The normalized spacial score (nSPS) is 15.2. The van der Waals surface area contributed by atoms with Gasteiger partial charge in [0.1, 0.15) is 11.8 Å². The summed E-state index contributed by atoms with van der Waals surface area (Å²) in [5, 5.41) is 6.68.